The van der Waals surface area contributed by atoms with E-state index in [9.17, 15) is 9.59 Å². The highest BCUT2D eigenvalue weighted by Crippen LogP contribution is 2.36. The molecule has 0 saturated heterocycles. The van der Waals surface area contributed by atoms with Crippen molar-refractivity contribution in [3.63, 3.8) is 0 Å². The number of ether oxygens (including phenoxy) is 2. The maximum absolute atomic E-state index is 12.9. The fourth-order valence-corrected chi connectivity index (χ4v) is 3.34. The molecule has 4 aromatic rings. The fourth-order valence-electron chi connectivity index (χ4n) is 3.34. The molecule has 0 saturated carbocycles. The quantitative estimate of drug-likeness (QED) is 0.527. The molecule has 1 aromatic carbocycles. The van der Waals surface area contributed by atoms with E-state index in [2.05, 4.69) is 15.4 Å². The Hall–Kier alpha value is -4.14. The molecule has 0 aliphatic carbocycles. The lowest BCUT2D eigenvalue weighted by atomic mass is 10.1. The number of nitrogens with zero attached hydrogens (tertiary/aromatic N) is 3. The zero-order chi connectivity index (χ0) is 20.7. The molecule has 5 rings (SSSR count). The van der Waals surface area contributed by atoms with Gasteiger partial charge in [0.05, 0.1) is 23.5 Å². The molecule has 9 nitrogen and oxygen atoms in total. The lowest BCUT2D eigenvalue weighted by molar-refractivity contribution is -0.115. The molecule has 1 aliphatic rings. The second-order valence-electron chi connectivity index (χ2n) is 6.84. The Bertz CT molecular complexity index is 1330. The van der Waals surface area contributed by atoms with Crippen LogP contribution in [0.3, 0.4) is 0 Å². The maximum atomic E-state index is 12.9. The number of anilines is 1. The molecular weight excluding hydrogens is 386 g/mol. The van der Waals surface area contributed by atoms with Crippen LogP contribution < -0.4 is 20.3 Å². The van der Waals surface area contributed by atoms with Crippen LogP contribution in [0.1, 0.15) is 6.92 Å². The van der Waals surface area contributed by atoms with E-state index < -0.39 is 0 Å². The summed E-state index contributed by atoms with van der Waals surface area (Å²) in [5.41, 5.74) is 2.56. The first kappa shape index (κ1) is 17.9. The Morgan fingerprint density at radius 2 is 2.03 bits per heavy atom. The minimum Gasteiger partial charge on any atom is -0.454 e. The first-order valence-corrected chi connectivity index (χ1v) is 9.30. The Kier molecular flexibility index (Phi) is 4.20. The third kappa shape index (κ3) is 3.06. The van der Waals surface area contributed by atoms with Crippen LogP contribution >= 0.6 is 0 Å². The standard InChI is InChI=1S/C21H17N5O4/c1-12(27)10-23-20-19(14-4-2-3-7-22-14)21-24-15(9-18(28)26(21)25-20)13-5-6-16-17(8-13)30-11-29-16/h2-9,23,25H,10-11H2,1H3. The van der Waals surface area contributed by atoms with Crippen molar-refractivity contribution in [1.29, 1.82) is 0 Å². The van der Waals surface area contributed by atoms with Crippen molar-refractivity contribution in [1.82, 2.24) is 19.6 Å². The smallest absolute Gasteiger partial charge is 0.273 e. The minimum atomic E-state index is -0.291. The summed E-state index contributed by atoms with van der Waals surface area (Å²) in [5.74, 6) is 1.72. The van der Waals surface area contributed by atoms with Crippen molar-refractivity contribution in [3.8, 4) is 34.0 Å². The van der Waals surface area contributed by atoms with Crippen molar-refractivity contribution in [2.45, 2.75) is 6.92 Å². The summed E-state index contributed by atoms with van der Waals surface area (Å²) in [6.45, 7) is 1.76. The number of pyridine rings is 1. The van der Waals surface area contributed by atoms with Gasteiger partial charge in [-0.2, -0.15) is 4.52 Å². The first-order valence-electron chi connectivity index (χ1n) is 9.30. The van der Waals surface area contributed by atoms with Crippen molar-refractivity contribution in [3.05, 3.63) is 59.0 Å². The number of H-pyrrole nitrogens is 1. The third-order valence-corrected chi connectivity index (χ3v) is 4.72. The largest absolute Gasteiger partial charge is 0.454 e. The van der Waals surface area contributed by atoms with Gasteiger partial charge in [-0.15, -0.1) is 0 Å². The predicted molar refractivity (Wildman–Crippen MR) is 110 cm³/mol. The summed E-state index contributed by atoms with van der Waals surface area (Å²) in [6.07, 6.45) is 1.66. The SMILES string of the molecule is CC(=O)CNc1[nH]n2c(=O)cc(-c3ccc4c(c3)OCO4)nc2c1-c1ccccn1. The summed E-state index contributed by atoms with van der Waals surface area (Å²) in [4.78, 5) is 33.5. The van der Waals surface area contributed by atoms with E-state index in [1.165, 1.54) is 17.5 Å². The summed E-state index contributed by atoms with van der Waals surface area (Å²) in [5, 5.41) is 6.04. The van der Waals surface area contributed by atoms with E-state index in [1.807, 2.05) is 18.2 Å². The highest BCUT2D eigenvalue weighted by molar-refractivity contribution is 5.88. The first-order chi connectivity index (χ1) is 14.6. The Morgan fingerprint density at radius 1 is 1.17 bits per heavy atom. The number of ketones is 1. The van der Waals surface area contributed by atoms with Crippen LogP contribution in [0.15, 0.2) is 53.5 Å². The number of fused-ring (bicyclic) bond motifs is 2. The summed E-state index contributed by atoms with van der Waals surface area (Å²) >= 11 is 0. The van der Waals surface area contributed by atoms with Crippen LogP contribution in [0.5, 0.6) is 11.5 Å². The molecule has 150 valence electrons. The molecule has 3 aromatic heterocycles. The van der Waals surface area contributed by atoms with Gasteiger partial charge in [0.2, 0.25) is 6.79 Å². The molecule has 0 unspecified atom stereocenters. The predicted octanol–water partition coefficient (Wildman–Crippen LogP) is 2.48. The number of rotatable bonds is 5. The maximum Gasteiger partial charge on any atom is 0.273 e. The third-order valence-electron chi connectivity index (χ3n) is 4.72. The number of nitrogens with one attached hydrogen (secondary N) is 2. The van der Waals surface area contributed by atoms with E-state index >= 15 is 0 Å². The van der Waals surface area contributed by atoms with Crippen molar-refractivity contribution >= 4 is 17.2 Å². The molecule has 0 bridgehead atoms. The van der Waals surface area contributed by atoms with Crippen LogP contribution in [0, 0.1) is 0 Å². The van der Waals surface area contributed by atoms with E-state index in [4.69, 9.17) is 14.5 Å². The summed E-state index contributed by atoms with van der Waals surface area (Å²) in [6, 6.07) is 12.3. The van der Waals surface area contributed by atoms with Gasteiger partial charge in [0, 0.05) is 17.8 Å². The molecule has 4 heterocycles. The zero-order valence-electron chi connectivity index (χ0n) is 16.0. The fraction of sp³-hybridized carbons (Fsp3) is 0.143. The number of carbonyl (C=O) groups excluding carboxylic acids is 1. The lowest BCUT2D eigenvalue weighted by Gasteiger charge is -2.05. The number of carbonyl (C=O) groups is 1. The normalized spacial score (nSPS) is 12.3. The monoisotopic (exact) mass is 403 g/mol. The van der Waals surface area contributed by atoms with E-state index in [0.29, 0.717) is 39.9 Å². The Morgan fingerprint density at radius 3 is 2.83 bits per heavy atom. The molecule has 0 spiro atoms. The van der Waals surface area contributed by atoms with Gasteiger partial charge in [-0.05, 0) is 37.3 Å². The number of benzene rings is 1. The van der Waals surface area contributed by atoms with E-state index in [-0.39, 0.29) is 24.7 Å². The number of hydrogen-bond donors (Lipinski definition) is 2. The molecule has 30 heavy (non-hydrogen) atoms. The molecular formula is C21H17N5O4. The molecule has 0 amide bonds. The molecule has 0 atom stereocenters. The van der Waals surface area contributed by atoms with Crippen LogP contribution in [-0.4, -0.2) is 38.7 Å². The van der Waals surface area contributed by atoms with Crippen molar-refractivity contribution in [2.24, 2.45) is 0 Å². The van der Waals surface area contributed by atoms with Crippen LogP contribution in [0.25, 0.3) is 28.2 Å². The van der Waals surface area contributed by atoms with Crippen LogP contribution in [0.2, 0.25) is 0 Å². The average molecular weight is 403 g/mol. The van der Waals surface area contributed by atoms with Gasteiger partial charge < -0.3 is 14.8 Å². The summed E-state index contributed by atoms with van der Waals surface area (Å²) in [7, 11) is 0. The highest BCUT2D eigenvalue weighted by Gasteiger charge is 2.20. The van der Waals surface area contributed by atoms with Crippen LogP contribution in [-0.2, 0) is 4.79 Å². The molecule has 2 N–H and O–H groups in total. The molecule has 0 radical (unpaired) electrons. The molecule has 0 fully saturated rings. The average Bonchev–Trinajstić information content (AvgIpc) is 3.36. The van der Waals surface area contributed by atoms with Gasteiger partial charge in [-0.25, -0.2) is 4.98 Å². The van der Waals surface area contributed by atoms with Crippen LogP contribution in [0.4, 0.5) is 5.82 Å². The number of hydrogen-bond acceptors (Lipinski definition) is 7. The van der Waals surface area contributed by atoms with Gasteiger partial charge >= 0.3 is 0 Å². The van der Waals surface area contributed by atoms with Gasteiger partial charge in [0.15, 0.2) is 17.1 Å². The topological polar surface area (TPSA) is 111 Å². The zero-order valence-corrected chi connectivity index (χ0v) is 16.0. The summed E-state index contributed by atoms with van der Waals surface area (Å²) < 4.78 is 12.1. The number of aromatic nitrogens is 4. The number of aromatic amines is 1. The minimum absolute atomic E-state index is 0.0398. The highest BCUT2D eigenvalue weighted by atomic mass is 16.7. The second kappa shape index (κ2) is 7.03. The van der Waals surface area contributed by atoms with Crippen molar-refractivity contribution < 1.29 is 14.3 Å². The molecule has 1 aliphatic heterocycles. The van der Waals surface area contributed by atoms with Crippen molar-refractivity contribution in [2.75, 3.05) is 18.7 Å². The van der Waals surface area contributed by atoms with Gasteiger partial charge in [0.25, 0.3) is 5.56 Å². The van der Waals surface area contributed by atoms with E-state index in [1.54, 1.807) is 24.4 Å². The second-order valence-corrected chi connectivity index (χ2v) is 6.84. The van der Waals surface area contributed by atoms with Gasteiger partial charge in [-0.1, -0.05) is 6.07 Å². The number of Topliss-reactive ketones (excluding diaryl/α,β-unsaturated/α-hetero) is 1. The molecule has 9 heteroatoms. The van der Waals surface area contributed by atoms with Gasteiger partial charge in [0.1, 0.15) is 11.6 Å². The Balaban J connectivity index is 1.71. The Labute approximate surface area is 170 Å². The van der Waals surface area contributed by atoms with Gasteiger partial charge in [-0.3, -0.25) is 19.7 Å². The van der Waals surface area contributed by atoms with E-state index in [0.717, 1.165) is 5.56 Å². The lowest BCUT2D eigenvalue weighted by Crippen LogP contribution is -2.15.